The van der Waals surface area contributed by atoms with Gasteiger partial charge in [0.05, 0.1) is 10.6 Å². The Morgan fingerprint density at radius 3 is 2.34 bits per heavy atom. The van der Waals surface area contributed by atoms with Crippen LogP contribution in [0.15, 0.2) is 99.8 Å². The first kappa shape index (κ1) is 24.5. The molecule has 0 aliphatic heterocycles. The van der Waals surface area contributed by atoms with Crippen molar-refractivity contribution >= 4 is 27.7 Å². The summed E-state index contributed by atoms with van der Waals surface area (Å²) in [6.07, 6.45) is 4.26. The number of hydrogen-bond donors (Lipinski definition) is 0. The second kappa shape index (κ2) is 10.8. The van der Waals surface area contributed by atoms with Gasteiger partial charge in [-0.25, -0.2) is 13.1 Å². The molecule has 0 aliphatic carbocycles. The molecule has 35 heavy (non-hydrogen) atoms. The van der Waals surface area contributed by atoms with E-state index in [9.17, 15) is 13.7 Å². The fourth-order valence-electron chi connectivity index (χ4n) is 3.51. The van der Waals surface area contributed by atoms with Crippen molar-refractivity contribution in [1.82, 2.24) is 9.78 Å². The van der Waals surface area contributed by atoms with Gasteiger partial charge in [-0.2, -0.15) is 10.4 Å². The maximum Gasteiger partial charge on any atom is 0.216 e. The summed E-state index contributed by atoms with van der Waals surface area (Å²) < 4.78 is 28.2. The van der Waals surface area contributed by atoms with Crippen molar-refractivity contribution in [1.29, 1.82) is 5.26 Å². The third-order valence-corrected chi connectivity index (χ3v) is 8.28. The van der Waals surface area contributed by atoms with Gasteiger partial charge in [0, 0.05) is 22.2 Å². The van der Waals surface area contributed by atoms with Gasteiger partial charge in [0.25, 0.3) is 0 Å². The van der Waals surface area contributed by atoms with Crippen molar-refractivity contribution in [2.45, 2.75) is 30.1 Å². The Morgan fingerprint density at radius 1 is 1.03 bits per heavy atom. The van der Waals surface area contributed by atoms with E-state index in [0.29, 0.717) is 11.3 Å². The van der Waals surface area contributed by atoms with Crippen LogP contribution in [-0.2, 0) is 9.84 Å². The normalized spacial score (nSPS) is 11.9. The summed E-state index contributed by atoms with van der Waals surface area (Å²) in [7, 11) is -3.98. The molecule has 0 saturated carbocycles. The second-order valence-corrected chi connectivity index (χ2v) is 11.1. The van der Waals surface area contributed by atoms with E-state index < -0.39 is 9.84 Å². The summed E-state index contributed by atoms with van der Waals surface area (Å²) in [6, 6.07) is 26.0. The van der Waals surface area contributed by atoms with Gasteiger partial charge in [0.1, 0.15) is 16.7 Å². The molecule has 0 spiro atoms. The van der Waals surface area contributed by atoms with E-state index in [0.717, 1.165) is 33.9 Å². The number of thioether (sulfide) groups is 1. The lowest BCUT2D eigenvalue weighted by Crippen LogP contribution is -2.03. The Morgan fingerprint density at radius 2 is 1.71 bits per heavy atom. The average molecular weight is 500 g/mol. The number of rotatable bonds is 8. The summed E-state index contributed by atoms with van der Waals surface area (Å²) in [4.78, 5) is 0.922. The van der Waals surface area contributed by atoms with Crippen LogP contribution < -0.4 is 0 Å². The Bertz CT molecular complexity index is 1480. The summed E-state index contributed by atoms with van der Waals surface area (Å²) in [6.45, 7) is 4.03. The highest BCUT2D eigenvalue weighted by Gasteiger charge is 2.22. The number of nitriles is 1. The standard InChI is InChI=1S/C28H25N3O2S2/c1-3-17-34-25-13-11-22(12-14-25)28-23(20-31(30-28)24-7-5-4-6-8-24)18-27(19-29)35(32,33)26-15-9-21(2)10-16-26/h4-16,18,20H,3,17H2,1-2H3. The molecule has 1 aromatic heterocycles. The van der Waals surface area contributed by atoms with Gasteiger partial charge in [-0.05, 0) is 61.6 Å². The molecule has 1 heterocycles. The first-order chi connectivity index (χ1) is 16.9. The molecular weight excluding hydrogens is 474 g/mol. The Balaban J connectivity index is 1.82. The smallest absolute Gasteiger partial charge is 0.216 e. The number of aryl methyl sites for hydroxylation is 1. The predicted molar refractivity (Wildman–Crippen MR) is 142 cm³/mol. The molecule has 0 radical (unpaired) electrons. The first-order valence-corrected chi connectivity index (χ1v) is 13.7. The minimum Gasteiger partial charge on any atom is -0.240 e. The quantitative estimate of drug-likeness (QED) is 0.199. The minimum atomic E-state index is -3.98. The van der Waals surface area contributed by atoms with Crippen LogP contribution in [0.5, 0.6) is 0 Å². The topological polar surface area (TPSA) is 75.8 Å². The van der Waals surface area contributed by atoms with Crippen LogP contribution in [0.4, 0.5) is 0 Å². The summed E-state index contributed by atoms with van der Waals surface area (Å²) in [5.74, 6) is 1.04. The van der Waals surface area contributed by atoms with Crippen molar-refractivity contribution in [3.8, 4) is 23.0 Å². The number of hydrogen-bond acceptors (Lipinski definition) is 5. The van der Waals surface area contributed by atoms with E-state index in [1.165, 1.54) is 18.2 Å². The Hall–Kier alpha value is -3.60. The molecule has 0 unspecified atom stereocenters. The average Bonchev–Trinajstić information content (AvgIpc) is 3.31. The third kappa shape index (κ3) is 5.56. The van der Waals surface area contributed by atoms with Gasteiger partial charge < -0.3 is 0 Å². The fraction of sp³-hybridized carbons (Fsp3) is 0.143. The van der Waals surface area contributed by atoms with Crippen LogP contribution >= 0.6 is 11.8 Å². The largest absolute Gasteiger partial charge is 0.240 e. The molecule has 0 bridgehead atoms. The van der Waals surface area contributed by atoms with Crippen molar-refractivity contribution in [2.24, 2.45) is 0 Å². The van der Waals surface area contributed by atoms with Crippen LogP contribution in [0, 0.1) is 18.3 Å². The van der Waals surface area contributed by atoms with Gasteiger partial charge >= 0.3 is 0 Å². The molecule has 0 atom stereocenters. The van der Waals surface area contributed by atoms with Gasteiger partial charge in [0.15, 0.2) is 0 Å². The highest BCUT2D eigenvalue weighted by Crippen LogP contribution is 2.30. The maximum absolute atomic E-state index is 13.2. The zero-order valence-electron chi connectivity index (χ0n) is 19.5. The molecule has 176 valence electrons. The van der Waals surface area contributed by atoms with E-state index in [1.807, 2.05) is 67.6 Å². The van der Waals surface area contributed by atoms with Crippen molar-refractivity contribution in [3.05, 3.63) is 101 Å². The monoisotopic (exact) mass is 499 g/mol. The van der Waals surface area contributed by atoms with Gasteiger partial charge in [-0.15, -0.1) is 11.8 Å². The number of para-hydroxylation sites is 1. The number of sulfone groups is 1. The van der Waals surface area contributed by atoms with Gasteiger partial charge in [-0.3, -0.25) is 0 Å². The van der Waals surface area contributed by atoms with Crippen LogP contribution in [0.3, 0.4) is 0 Å². The Labute approximate surface area is 210 Å². The van der Waals surface area contributed by atoms with Crippen LogP contribution in [0.2, 0.25) is 0 Å². The predicted octanol–water partition coefficient (Wildman–Crippen LogP) is 6.69. The lowest BCUT2D eigenvalue weighted by atomic mass is 10.1. The molecule has 0 saturated heterocycles. The summed E-state index contributed by atoms with van der Waals surface area (Å²) in [5.41, 5.74) is 3.78. The van der Waals surface area contributed by atoms with Gasteiger partial charge in [-0.1, -0.05) is 55.0 Å². The molecule has 5 nitrogen and oxygen atoms in total. The maximum atomic E-state index is 13.2. The molecule has 7 heteroatoms. The highest BCUT2D eigenvalue weighted by atomic mass is 32.2. The zero-order valence-corrected chi connectivity index (χ0v) is 21.2. The van der Waals surface area contributed by atoms with Crippen LogP contribution in [0.25, 0.3) is 23.0 Å². The fourth-order valence-corrected chi connectivity index (χ4v) is 5.43. The molecule has 3 aromatic carbocycles. The van der Waals surface area contributed by atoms with E-state index in [1.54, 1.807) is 34.8 Å². The summed E-state index contributed by atoms with van der Waals surface area (Å²) >= 11 is 1.79. The van der Waals surface area contributed by atoms with E-state index >= 15 is 0 Å². The number of allylic oxidation sites excluding steroid dienone is 1. The van der Waals surface area contributed by atoms with Crippen LogP contribution in [-0.4, -0.2) is 24.0 Å². The number of benzene rings is 3. The molecule has 0 fully saturated rings. The third-order valence-electron chi connectivity index (χ3n) is 5.38. The molecule has 4 rings (SSSR count). The summed E-state index contributed by atoms with van der Waals surface area (Å²) in [5, 5.41) is 14.6. The van der Waals surface area contributed by atoms with Crippen molar-refractivity contribution in [2.75, 3.05) is 5.75 Å². The Kier molecular flexibility index (Phi) is 7.54. The van der Waals surface area contributed by atoms with E-state index in [-0.39, 0.29) is 9.80 Å². The lowest BCUT2D eigenvalue weighted by Gasteiger charge is -2.05. The van der Waals surface area contributed by atoms with Crippen LogP contribution in [0.1, 0.15) is 24.5 Å². The van der Waals surface area contributed by atoms with Gasteiger partial charge in [0.2, 0.25) is 9.84 Å². The van der Waals surface area contributed by atoms with Crippen molar-refractivity contribution in [3.63, 3.8) is 0 Å². The SMILES string of the molecule is CCCSc1ccc(-c2nn(-c3ccccc3)cc2C=C(C#N)S(=O)(=O)c2ccc(C)cc2)cc1. The van der Waals surface area contributed by atoms with Crippen molar-refractivity contribution < 1.29 is 8.42 Å². The van der Waals surface area contributed by atoms with E-state index in [4.69, 9.17) is 5.10 Å². The highest BCUT2D eigenvalue weighted by molar-refractivity contribution is 7.99. The number of nitrogens with zero attached hydrogens (tertiary/aromatic N) is 3. The minimum absolute atomic E-state index is 0.0882. The lowest BCUT2D eigenvalue weighted by molar-refractivity contribution is 0.603. The molecule has 0 aliphatic rings. The van der Waals surface area contributed by atoms with E-state index in [2.05, 4.69) is 6.92 Å². The molecule has 4 aromatic rings. The zero-order chi connectivity index (χ0) is 24.8. The second-order valence-electron chi connectivity index (χ2n) is 8.02. The first-order valence-electron chi connectivity index (χ1n) is 11.2. The molecule has 0 amide bonds. The molecule has 0 N–H and O–H groups in total. The number of aromatic nitrogens is 2. The molecular formula is C28H25N3O2S2.